The van der Waals surface area contributed by atoms with Crippen LogP contribution in [0.5, 0.6) is 0 Å². The third-order valence-corrected chi connectivity index (χ3v) is 5.56. The van der Waals surface area contributed by atoms with Crippen LogP contribution in [0.2, 0.25) is 0 Å². The van der Waals surface area contributed by atoms with Crippen molar-refractivity contribution in [3.8, 4) is 0 Å². The summed E-state index contributed by atoms with van der Waals surface area (Å²) in [5.74, 6) is 0.205. The summed E-state index contributed by atoms with van der Waals surface area (Å²) in [6, 6.07) is 8.88. The molecule has 1 unspecified atom stereocenters. The second kappa shape index (κ2) is 7.58. The molecule has 25 heavy (non-hydrogen) atoms. The monoisotopic (exact) mass is 342 g/mol. The number of nitrogens with one attached hydrogen (secondary N) is 1. The maximum atomic E-state index is 12.5. The highest BCUT2D eigenvalue weighted by molar-refractivity contribution is 5.84. The molecule has 1 amide bonds. The molecule has 0 bridgehead atoms. The Kier molecular flexibility index (Phi) is 5.45. The van der Waals surface area contributed by atoms with Gasteiger partial charge in [0.05, 0.1) is 6.54 Å². The lowest BCUT2D eigenvalue weighted by atomic mass is 10.1. The van der Waals surface area contributed by atoms with Gasteiger partial charge in [-0.3, -0.25) is 4.79 Å². The van der Waals surface area contributed by atoms with Crippen molar-refractivity contribution in [2.24, 2.45) is 0 Å². The van der Waals surface area contributed by atoms with Gasteiger partial charge in [-0.05, 0) is 45.6 Å². The Morgan fingerprint density at radius 3 is 2.76 bits per heavy atom. The number of amides is 1. The molecular weight excluding hydrogens is 312 g/mol. The molecule has 1 aliphatic rings. The van der Waals surface area contributed by atoms with E-state index in [9.17, 15) is 4.79 Å². The van der Waals surface area contributed by atoms with Crippen LogP contribution in [0, 0.1) is 6.92 Å². The van der Waals surface area contributed by atoms with Crippen molar-refractivity contribution in [3.05, 3.63) is 35.5 Å². The van der Waals surface area contributed by atoms with E-state index in [1.165, 1.54) is 17.4 Å². The Hall–Kier alpha value is -1.85. The van der Waals surface area contributed by atoms with E-state index in [4.69, 9.17) is 0 Å². The molecule has 0 spiro atoms. The first-order chi connectivity index (χ1) is 12.0. The van der Waals surface area contributed by atoms with Crippen LogP contribution in [0.1, 0.15) is 24.1 Å². The van der Waals surface area contributed by atoms with E-state index in [-0.39, 0.29) is 5.91 Å². The number of carbonyl (C=O) groups excluding carboxylic acids is 1. The zero-order chi connectivity index (χ0) is 18.0. The van der Waals surface area contributed by atoms with Gasteiger partial charge in [0.2, 0.25) is 5.91 Å². The molecule has 2 aromatic rings. The summed E-state index contributed by atoms with van der Waals surface area (Å²) in [5.41, 5.74) is 3.50. The second-order valence-electron chi connectivity index (χ2n) is 7.46. The molecule has 1 fully saturated rings. The van der Waals surface area contributed by atoms with Crippen LogP contribution in [0.4, 0.5) is 0 Å². The molecule has 1 N–H and O–H groups in total. The number of para-hydroxylation sites is 1. The molecule has 0 aliphatic carbocycles. The van der Waals surface area contributed by atoms with Crippen LogP contribution < -0.4 is 0 Å². The van der Waals surface area contributed by atoms with Crippen molar-refractivity contribution in [2.45, 2.75) is 32.4 Å². The summed E-state index contributed by atoms with van der Waals surface area (Å²) in [6.45, 7) is 5.84. The zero-order valence-electron chi connectivity index (χ0n) is 15.9. The predicted octanol–water partition coefficient (Wildman–Crippen LogP) is 2.46. The molecular formula is C20H30N4O. The quantitative estimate of drug-likeness (QED) is 0.877. The Morgan fingerprint density at radius 1 is 1.32 bits per heavy atom. The minimum Gasteiger partial charge on any atom is -0.357 e. The highest BCUT2D eigenvalue weighted by Crippen LogP contribution is 2.22. The molecule has 2 heterocycles. The maximum Gasteiger partial charge on any atom is 0.223 e. The van der Waals surface area contributed by atoms with Gasteiger partial charge in [0.25, 0.3) is 0 Å². The molecule has 1 saturated heterocycles. The fraction of sp³-hybridized carbons (Fsp3) is 0.550. The van der Waals surface area contributed by atoms with Crippen LogP contribution in [0.3, 0.4) is 0 Å². The van der Waals surface area contributed by atoms with Crippen LogP contribution in [-0.2, 0) is 11.3 Å². The van der Waals surface area contributed by atoms with Gasteiger partial charge in [0, 0.05) is 49.2 Å². The number of fused-ring (bicyclic) bond motifs is 1. The Balaban J connectivity index is 1.54. The Morgan fingerprint density at radius 2 is 2.08 bits per heavy atom. The average molecular weight is 342 g/mol. The number of aryl methyl sites for hydroxylation is 1. The largest absolute Gasteiger partial charge is 0.357 e. The van der Waals surface area contributed by atoms with Gasteiger partial charge in [-0.25, -0.2) is 0 Å². The van der Waals surface area contributed by atoms with Crippen molar-refractivity contribution in [3.63, 3.8) is 0 Å². The van der Waals surface area contributed by atoms with Crippen LogP contribution in [0.25, 0.3) is 10.9 Å². The summed E-state index contributed by atoms with van der Waals surface area (Å²) >= 11 is 0. The van der Waals surface area contributed by atoms with E-state index in [0.29, 0.717) is 19.0 Å². The molecule has 3 rings (SSSR count). The first kappa shape index (κ1) is 18.0. The number of aromatic amines is 1. The Bertz CT molecular complexity index is 738. The Labute approximate surface area is 150 Å². The molecule has 136 valence electrons. The average Bonchev–Trinajstić information content (AvgIpc) is 3.17. The first-order valence-corrected chi connectivity index (χ1v) is 9.14. The van der Waals surface area contributed by atoms with Crippen molar-refractivity contribution in [1.82, 2.24) is 19.7 Å². The molecule has 1 atom stereocenters. The number of aromatic nitrogens is 1. The molecule has 1 aromatic heterocycles. The van der Waals surface area contributed by atoms with Gasteiger partial charge in [0.15, 0.2) is 0 Å². The second-order valence-corrected chi connectivity index (χ2v) is 7.46. The zero-order valence-corrected chi connectivity index (χ0v) is 15.9. The lowest BCUT2D eigenvalue weighted by Gasteiger charge is -2.25. The fourth-order valence-electron chi connectivity index (χ4n) is 3.74. The van der Waals surface area contributed by atoms with Gasteiger partial charge in [-0.15, -0.1) is 0 Å². The number of rotatable bonds is 6. The lowest BCUT2D eigenvalue weighted by molar-refractivity contribution is -0.130. The van der Waals surface area contributed by atoms with Crippen LogP contribution in [0.15, 0.2) is 24.3 Å². The van der Waals surface area contributed by atoms with Crippen molar-refractivity contribution < 1.29 is 4.79 Å². The number of likely N-dealkylation sites (tertiary alicyclic amines) is 1. The van der Waals surface area contributed by atoms with Crippen LogP contribution >= 0.6 is 0 Å². The van der Waals surface area contributed by atoms with Crippen molar-refractivity contribution in [2.75, 3.05) is 40.8 Å². The number of carbonyl (C=O) groups is 1. The van der Waals surface area contributed by atoms with Crippen molar-refractivity contribution >= 4 is 16.8 Å². The third-order valence-electron chi connectivity index (χ3n) is 5.56. The summed E-state index contributed by atoms with van der Waals surface area (Å²) in [6.07, 6.45) is 1.78. The van der Waals surface area contributed by atoms with Gasteiger partial charge < -0.3 is 19.7 Å². The standard InChI is InChI=1S/C20H30N4O/c1-15-17-7-5-6-8-18(17)21-19(15)14-24(4)20(25)10-12-23(3)16-9-11-22(2)13-16/h5-8,16,21H,9-14H2,1-4H3. The number of hydrogen-bond donors (Lipinski definition) is 1. The van der Waals surface area contributed by atoms with E-state index in [2.05, 4.69) is 54.0 Å². The number of hydrogen-bond acceptors (Lipinski definition) is 3. The molecule has 1 aliphatic heterocycles. The third kappa shape index (κ3) is 4.05. The van der Waals surface area contributed by atoms with Gasteiger partial charge >= 0.3 is 0 Å². The predicted molar refractivity (Wildman–Crippen MR) is 103 cm³/mol. The van der Waals surface area contributed by atoms with Gasteiger partial charge in [-0.1, -0.05) is 18.2 Å². The first-order valence-electron chi connectivity index (χ1n) is 9.14. The molecule has 5 heteroatoms. The van der Waals surface area contributed by atoms with Gasteiger partial charge in [0.1, 0.15) is 0 Å². The lowest BCUT2D eigenvalue weighted by Crippen LogP contribution is -2.37. The molecule has 5 nitrogen and oxygen atoms in total. The molecule has 1 aromatic carbocycles. The van der Waals surface area contributed by atoms with E-state index in [0.717, 1.165) is 30.8 Å². The normalized spacial score (nSPS) is 18.4. The summed E-state index contributed by atoms with van der Waals surface area (Å²) < 4.78 is 0. The van der Waals surface area contributed by atoms with E-state index in [1.54, 1.807) is 0 Å². The maximum absolute atomic E-state index is 12.5. The van der Waals surface area contributed by atoms with E-state index >= 15 is 0 Å². The van der Waals surface area contributed by atoms with Crippen LogP contribution in [-0.4, -0.2) is 72.4 Å². The number of likely N-dealkylation sites (N-methyl/N-ethyl adjacent to an activating group) is 2. The van der Waals surface area contributed by atoms with E-state index in [1.807, 2.05) is 18.0 Å². The summed E-state index contributed by atoms with van der Waals surface area (Å²) in [5, 5.41) is 1.24. The van der Waals surface area contributed by atoms with E-state index < -0.39 is 0 Å². The highest BCUT2D eigenvalue weighted by atomic mass is 16.2. The fourth-order valence-corrected chi connectivity index (χ4v) is 3.74. The SMILES string of the molecule is Cc1c(CN(C)C(=O)CCN(C)C2CCN(C)C2)[nH]c2ccccc12. The number of benzene rings is 1. The van der Waals surface area contributed by atoms with Gasteiger partial charge in [-0.2, -0.15) is 0 Å². The van der Waals surface area contributed by atoms with Crippen molar-refractivity contribution in [1.29, 1.82) is 0 Å². The summed E-state index contributed by atoms with van der Waals surface area (Å²) in [7, 11) is 6.20. The topological polar surface area (TPSA) is 42.6 Å². The minimum absolute atomic E-state index is 0.205. The minimum atomic E-state index is 0.205. The smallest absolute Gasteiger partial charge is 0.223 e. The number of nitrogens with zero attached hydrogens (tertiary/aromatic N) is 3. The highest BCUT2D eigenvalue weighted by Gasteiger charge is 2.23. The molecule has 0 saturated carbocycles. The summed E-state index contributed by atoms with van der Waals surface area (Å²) in [4.78, 5) is 22.5. The number of H-pyrrole nitrogens is 1. The molecule has 0 radical (unpaired) electrons.